The fourth-order valence-electron chi connectivity index (χ4n) is 3.05. The molecule has 0 saturated carbocycles. The molecule has 180 valence electrons. The first-order valence-corrected chi connectivity index (χ1v) is 11.3. The number of carbonyl (C=O) groups excluding carboxylic acids is 2. The number of nitrogens with one attached hydrogen (secondary N) is 2. The third-order valence-electron chi connectivity index (χ3n) is 4.91. The number of benzene rings is 3. The monoisotopic (exact) mass is 536 g/mol. The zero-order valence-electron chi connectivity index (χ0n) is 19.4. The lowest BCUT2D eigenvalue weighted by molar-refractivity contribution is -0.117. The quantitative estimate of drug-likeness (QED) is 0.228. The van der Waals surface area contributed by atoms with Crippen LogP contribution in [0.4, 0.5) is 5.69 Å². The Balaban J connectivity index is 1.85. The predicted molar refractivity (Wildman–Crippen MR) is 141 cm³/mol. The predicted octanol–water partition coefficient (Wildman–Crippen LogP) is 4.15. The van der Waals surface area contributed by atoms with Crippen LogP contribution in [-0.4, -0.2) is 44.3 Å². The van der Waals surface area contributed by atoms with E-state index in [2.05, 4.69) is 31.8 Å². The molecular weight excluding hydrogens is 512 g/mol. The van der Waals surface area contributed by atoms with Gasteiger partial charge >= 0.3 is 0 Å². The van der Waals surface area contributed by atoms with Gasteiger partial charge in [0.15, 0.2) is 11.5 Å². The van der Waals surface area contributed by atoms with Crippen molar-refractivity contribution in [2.75, 3.05) is 26.1 Å². The van der Waals surface area contributed by atoms with Gasteiger partial charge in [-0.05, 0) is 48.0 Å². The topological polar surface area (TPSA) is 103 Å². The summed E-state index contributed by atoms with van der Waals surface area (Å²) in [5.41, 5.74) is 4.84. The number of hydrogen-bond acceptors (Lipinski definition) is 6. The Morgan fingerprint density at radius 2 is 1.74 bits per heavy atom. The summed E-state index contributed by atoms with van der Waals surface area (Å²) >= 11 is 3.33. The second-order valence-electron chi connectivity index (χ2n) is 7.61. The number of hydrazone groups is 1. The summed E-state index contributed by atoms with van der Waals surface area (Å²) in [7, 11) is 5.29. The molecule has 0 unspecified atom stereocenters. The highest BCUT2D eigenvalue weighted by Gasteiger charge is 2.15. The molecule has 35 heavy (non-hydrogen) atoms. The smallest absolute Gasteiger partial charge is 0.287 e. The number of carbonyl (C=O) groups is 2. The number of ether oxygens (including phenoxy) is 1. The Hall–Kier alpha value is -4.11. The largest absolute Gasteiger partial charge is 0.504 e. The van der Waals surface area contributed by atoms with Crippen molar-refractivity contribution < 1.29 is 19.4 Å². The minimum Gasteiger partial charge on any atom is -0.504 e. The second kappa shape index (κ2) is 11.8. The number of methoxy groups -OCH3 is 1. The van der Waals surface area contributed by atoms with Gasteiger partial charge in [0.1, 0.15) is 5.70 Å². The average molecular weight is 537 g/mol. The van der Waals surface area contributed by atoms with Gasteiger partial charge < -0.3 is 20.1 Å². The lowest BCUT2D eigenvalue weighted by Crippen LogP contribution is -2.32. The van der Waals surface area contributed by atoms with E-state index in [4.69, 9.17) is 4.74 Å². The number of aromatic hydroxyl groups is 1. The number of nitrogens with zero attached hydrogens (tertiary/aromatic N) is 2. The lowest BCUT2D eigenvalue weighted by atomic mass is 10.1. The van der Waals surface area contributed by atoms with Crippen LogP contribution in [0.15, 0.2) is 82.0 Å². The number of halogens is 1. The van der Waals surface area contributed by atoms with Crippen molar-refractivity contribution in [2.45, 2.75) is 0 Å². The standard InChI is InChI=1S/C26H25BrN4O4/c1-31(2)21-11-9-17(10-12-21)13-22(29-25(33)18-7-5-4-6-8-18)26(34)30-28-16-19-14-20(27)15-23(35-3)24(19)32/h4-16,32H,1-3H3,(H,29,33)(H,30,34). The Kier molecular flexibility index (Phi) is 8.63. The molecule has 3 rings (SSSR count). The highest BCUT2D eigenvalue weighted by molar-refractivity contribution is 9.10. The molecule has 0 fully saturated rings. The minimum absolute atomic E-state index is 0.00431. The maximum atomic E-state index is 12.9. The highest BCUT2D eigenvalue weighted by Crippen LogP contribution is 2.32. The van der Waals surface area contributed by atoms with E-state index in [0.717, 1.165) is 5.69 Å². The van der Waals surface area contributed by atoms with Crippen molar-refractivity contribution in [3.63, 3.8) is 0 Å². The summed E-state index contributed by atoms with van der Waals surface area (Å²) in [6.45, 7) is 0. The summed E-state index contributed by atoms with van der Waals surface area (Å²) in [5.74, 6) is -0.939. The summed E-state index contributed by atoms with van der Waals surface area (Å²) in [6, 6.07) is 19.3. The number of hydrogen-bond donors (Lipinski definition) is 3. The summed E-state index contributed by atoms with van der Waals surface area (Å²) in [4.78, 5) is 27.6. The molecular formula is C26H25BrN4O4. The van der Waals surface area contributed by atoms with E-state index in [1.54, 1.807) is 48.5 Å². The summed E-state index contributed by atoms with van der Waals surface area (Å²) < 4.78 is 5.78. The maximum absolute atomic E-state index is 12.9. The normalized spacial score (nSPS) is 11.3. The van der Waals surface area contributed by atoms with Crippen LogP contribution in [0, 0.1) is 0 Å². The molecule has 0 aliphatic heterocycles. The fourth-order valence-corrected chi connectivity index (χ4v) is 3.50. The van der Waals surface area contributed by atoms with Gasteiger partial charge in [-0.15, -0.1) is 0 Å². The van der Waals surface area contributed by atoms with Gasteiger partial charge in [-0.2, -0.15) is 5.10 Å². The van der Waals surface area contributed by atoms with E-state index in [0.29, 0.717) is 21.2 Å². The van der Waals surface area contributed by atoms with Crippen molar-refractivity contribution in [1.29, 1.82) is 0 Å². The Labute approximate surface area is 212 Å². The number of phenols is 1. The lowest BCUT2D eigenvalue weighted by Gasteiger charge is -2.13. The van der Waals surface area contributed by atoms with E-state index in [1.165, 1.54) is 13.3 Å². The van der Waals surface area contributed by atoms with Crippen molar-refractivity contribution in [2.24, 2.45) is 5.10 Å². The molecule has 0 radical (unpaired) electrons. The van der Waals surface area contributed by atoms with Crippen LogP contribution in [0.3, 0.4) is 0 Å². The average Bonchev–Trinajstić information content (AvgIpc) is 2.86. The number of phenolic OH excluding ortho intramolecular Hbond substituents is 1. The van der Waals surface area contributed by atoms with Crippen molar-refractivity contribution in [3.8, 4) is 11.5 Å². The van der Waals surface area contributed by atoms with E-state index in [9.17, 15) is 14.7 Å². The van der Waals surface area contributed by atoms with Gasteiger partial charge in [-0.1, -0.05) is 46.3 Å². The molecule has 3 aromatic rings. The van der Waals surface area contributed by atoms with E-state index >= 15 is 0 Å². The molecule has 2 amide bonds. The van der Waals surface area contributed by atoms with Gasteiger partial charge in [0, 0.05) is 35.4 Å². The SMILES string of the molecule is COc1cc(Br)cc(C=NNC(=O)C(=Cc2ccc(N(C)C)cc2)NC(=O)c2ccccc2)c1O. The maximum Gasteiger partial charge on any atom is 0.287 e. The molecule has 0 heterocycles. The van der Waals surface area contributed by atoms with Crippen molar-refractivity contribution in [3.05, 3.63) is 93.6 Å². The zero-order chi connectivity index (χ0) is 25.4. The zero-order valence-corrected chi connectivity index (χ0v) is 21.0. The Morgan fingerprint density at radius 3 is 2.37 bits per heavy atom. The third-order valence-corrected chi connectivity index (χ3v) is 5.37. The molecule has 3 N–H and O–H groups in total. The van der Waals surface area contributed by atoms with Crippen LogP contribution in [0.5, 0.6) is 11.5 Å². The van der Waals surface area contributed by atoms with Crippen LogP contribution < -0.4 is 20.4 Å². The van der Waals surface area contributed by atoms with Crippen LogP contribution in [0.2, 0.25) is 0 Å². The van der Waals surface area contributed by atoms with Crippen LogP contribution in [-0.2, 0) is 4.79 Å². The molecule has 0 atom stereocenters. The number of amides is 2. The molecule has 0 bridgehead atoms. The molecule has 0 saturated heterocycles. The first-order chi connectivity index (χ1) is 16.8. The van der Waals surface area contributed by atoms with Crippen LogP contribution in [0.25, 0.3) is 6.08 Å². The van der Waals surface area contributed by atoms with Crippen molar-refractivity contribution >= 4 is 45.7 Å². The highest BCUT2D eigenvalue weighted by atomic mass is 79.9. The fraction of sp³-hybridized carbons (Fsp3) is 0.115. The molecule has 8 nitrogen and oxygen atoms in total. The third kappa shape index (κ3) is 6.94. The summed E-state index contributed by atoms with van der Waals surface area (Å²) in [5, 5.41) is 16.9. The van der Waals surface area contributed by atoms with Crippen LogP contribution in [0.1, 0.15) is 21.5 Å². The molecule has 0 aliphatic rings. The first-order valence-electron chi connectivity index (χ1n) is 10.5. The molecule has 0 aliphatic carbocycles. The minimum atomic E-state index is -0.635. The van der Waals surface area contributed by atoms with Gasteiger partial charge in [-0.25, -0.2) is 5.43 Å². The Morgan fingerprint density at radius 1 is 1.06 bits per heavy atom. The van der Waals surface area contributed by atoms with E-state index in [1.807, 2.05) is 43.3 Å². The molecule has 9 heteroatoms. The van der Waals surface area contributed by atoms with Gasteiger partial charge in [0.25, 0.3) is 11.8 Å². The second-order valence-corrected chi connectivity index (χ2v) is 8.52. The van der Waals surface area contributed by atoms with Gasteiger partial charge in [0.05, 0.1) is 13.3 Å². The Bertz CT molecular complexity index is 1260. The number of rotatable bonds is 8. The van der Waals surface area contributed by atoms with Gasteiger partial charge in [-0.3, -0.25) is 9.59 Å². The van der Waals surface area contributed by atoms with E-state index < -0.39 is 11.8 Å². The molecule has 0 spiro atoms. The first kappa shape index (κ1) is 25.5. The molecule has 0 aromatic heterocycles. The molecule has 3 aromatic carbocycles. The number of anilines is 1. The van der Waals surface area contributed by atoms with Crippen LogP contribution >= 0.6 is 15.9 Å². The van der Waals surface area contributed by atoms with Crippen molar-refractivity contribution in [1.82, 2.24) is 10.7 Å². The van der Waals surface area contributed by atoms with Gasteiger partial charge in [0.2, 0.25) is 0 Å². The van der Waals surface area contributed by atoms with E-state index in [-0.39, 0.29) is 17.2 Å². The summed E-state index contributed by atoms with van der Waals surface area (Å²) in [6.07, 6.45) is 2.84.